The van der Waals surface area contributed by atoms with Gasteiger partial charge in [-0.05, 0) is 25.6 Å². The lowest BCUT2D eigenvalue weighted by atomic mass is 10.4. The Hall–Kier alpha value is -1.64. The first-order valence-electron chi connectivity index (χ1n) is 6.85. The van der Waals surface area contributed by atoms with Crippen molar-refractivity contribution in [1.29, 1.82) is 0 Å². The molecule has 0 fully saturated rings. The van der Waals surface area contributed by atoms with E-state index in [4.69, 9.17) is 4.42 Å². The van der Waals surface area contributed by atoms with Crippen LogP contribution in [0.1, 0.15) is 18.9 Å². The van der Waals surface area contributed by atoms with Gasteiger partial charge in [-0.15, -0.1) is 0 Å². The molecule has 2 rings (SSSR count). The smallest absolute Gasteiger partial charge is 0.243 e. The van der Waals surface area contributed by atoms with Crippen molar-refractivity contribution in [1.82, 2.24) is 19.8 Å². The number of aryl methyl sites for hydroxylation is 1. The first-order valence-corrected chi connectivity index (χ1v) is 8.34. The van der Waals surface area contributed by atoms with E-state index in [-0.39, 0.29) is 11.4 Å². The molecule has 2 N–H and O–H groups in total. The molecule has 0 aliphatic carbocycles. The zero-order valence-electron chi connectivity index (χ0n) is 11.9. The van der Waals surface area contributed by atoms with Gasteiger partial charge < -0.3 is 9.73 Å². The summed E-state index contributed by atoms with van der Waals surface area (Å²) in [6.07, 6.45) is 6.82. The van der Waals surface area contributed by atoms with Gasteiger partial charge in [0.2, 0.25) is 10.0 Å². The Morgan fingerprint density at radius 2 is 2.29 bits per heavy atom. The van der Waals surface area contributed by atoms with Crippen LogP contribution in [0.2, 0.25) is 0 Å². The monoisotopic (exact) mass is 312 g/mol. The lowest BCUT2D eigenvalue weighted by molar-refractivity contribution is 0.548. The highest BCUT2D eigenvalue weighted by molar-refractivity contribution is 7.89. The molecule has 0 saturated heterocycles. The lowest BCUT2D eigenvalue weighted by Gasteiger charge is -2.03. The van der Waals surface area contributed by atoms with Gasteiger partial charge in [-0.1, -0.05) is 6.92 Å². The van der Waals surface area contributed by atoms with Crippen molar-refractivity contribution in [3.05, 3.63) is 36.5 Å². The molecule has 0 bridgehead atoms. The predicted octanol–water partition coefficient (Wildman–Crippen LogP) is 0.954. The Bertz CT molecular complexity index is 634. The van der Waals surface area contributed by atoms with Crippen LogP contribution in [0.3, 0.4) is 0 Å². The van der Waals surface area contributed by atoms with Crippen molar-refractivity contribution >= 4 is 10.0 Å². The van der Waals surface area contributed by atoms with Crippen LogP contribution in [0.5, 0.6) is 0 Å². The Balaban J connectivity index is 1.89. The molecule has 0 saturated carbocycles. The van der Waals surface area contributed by atoms with E-state index in [0.717, 1.165) is 25.1 Å². The quantitative estimate of drug-likeness (QED) is 0.673. The van der Waals surface area contributed by atoms with Gasteiger partial charge in [-0.2, -0.15) is 5.10 Å². The minimum Gasteiger partial charge on any atom is -0.472 e. The average molecular weight is 312 g/mol. The normalized spacial score (nSPS) is 11.9. The predicted molar refractivity (Wildman–Crippen MR) is 78.1 cm³/mol. The fourth-order valence-corrected chi connectivity index (χ4v) is 2.77. The summed E-state index contributed by atoms with van der Waals surface area (Å²) in [7, 11) is -3.54. The van der Waals surface area contributed by atoms with E-state index in [1.165, 1.54) is 18.7 Å². The highest BCUT2D eigenvalue weighted by Gasteiger charge is 2.16. The first-order chi connectivity index (χ1) is 10.1. The minimum atomic E-state index is -3.54. The highest BCUT2D eigenvalue weighted by Crippen LogP contribution is 2.09. The molecule has 0 amide bonds. The summed E-state index contributed by atoms with van der Waals surface area (Å²) >= 11 is 0. The zero-order valence-corrected chi connectivity index (χ0v) is 12.8. The fraction of sp³-hybridized carbons (Fsp3) is 0.462. The number of hydrogen-bond donors (Lipinski definition) is 2. The van der Waals surface area contributed by atoms with Crippen molar-refractivity contribution in [2.24, 2.45) is 0 Å². The number of rotatable bonds is 9. The molecule has 116 valence electrons. The van der Waals surface area contributed by atoms with Crippen LogP contribution in [0.15, 0.2) is 40.3 Å². The molecule has 2 aromatic heterocycles. The molecule has 0 unspecified atom stereocenters. The largest absolute Gasteiger partial charge is 0.472 e. The van der Waals surface area contributed by atoms with Crippen LogP contribution in [-0.2, 0) is 23.1 Å². The Kier molecular flexibility index (Phi) is 5.54. The molecule has 2 aromatic rings. The topological polar surface area (TPSA) is 89.2 Å². The number of furan rings is 1. The Morgan fingerprint density at radius 1 is 1.43 bits per heavy atom. The number of sulfonamides is 1. The number of nitrogens with one attached hydrogen (secondary N) is 2. The summed E-state index contributed by atoms with van der Waals surface area (Å²) in [4.78, 5) is 0.175. The van der Waals surface area contributed by atoms with Crippen molar-refractivity contribution in [2.75, 3.05) is 13.1 Å². The van der Waals surface area contributed by atoms with Crippen LogP contribution in [0.4, 0.5) is 0 Å². The molecule has 8 heteroatoms. The fourth-order valence-electron chi connectivity index (χ4n) is 1.80. The molecule has 0 radical (unpaired) electrons. The number of hydrogen-bond acceptors (Lipinski definition) is 5. The van der Waals surface area contributed by atoms with E-state index in [1.807, 2.05) is 6.92 Å². The molecule has 2 heterocycles. The van der Waals surface area contributed by atoms with Gasteiger partial charge in [-0.25, -0.2) is 13.1 Å². The minimum absolute atomic E-state index is 0.175. The summed E-state index contributed by atoms with van der Waals surface area (Å²) < 4.78 is 33.3. The maximum atomic E-state index is 12.1. The summed E-state index contributed by atoms with van der Waals surface area (Å²) in [6, 6.07) is 1.71. The van der Waals surface area contributed by atoms with E-state index in [1.54, 1.807) is 16.9 Å². The molecule has 0 aromatic carbocycles. The van der Waals surface area contributed by atoms with Gasteiger partial charge in [0.15, 0.2) is 0 Å². The molecular formula is C13H20N4O3S. The van der Waals surface area contributed by atoms with E-state index in [9.17, 15) is 8.42 Å². The first kappa shape index (κ1) is 15.7. The van der Waals surface area contributed by atoms with Gasteiger partial charge >= 0.3 is 0 Å². The van der Waals surface area contributed by atoms with E-state index in [0.29, 0.717) is 6.54 Å². The van der Waals surface area contributed by atoms with Crippen molar-refractivity contribution in [2.45, 2.75) is 31.3 Å². The van der Waals surface area contributed by atoms with Gasteiger partial charge in [0.1, 0.15) is 4.90 Å². The van der Waals surface area contributed by atoms with Gasteiger partial charge in [-0.3, -0.25) is 4.68 Å². The molecule has 0 aliphatic rings. The second kappa shape index (κ2) is 7.39. The third kappa shape index (κ3) is 4.69. The van der Waals surface area contributed by atoms with Crippen LogP contribution < -0.4 is 10.0 Å². The summed E-state index contributed by atoms with van der Waals surface area (Å²) in [5.41, 5.74) is 0.775. The maximum Gasteiger partial charge on any atom is 0.243 e. The summed E-state index contributed by atoms with van der Waals surface area (Å²) in [5, 5.41) is 7.29. The zero-order chi connectivity index (χ0) is 15.1. The number of nitrogens with zero attached hydrogens (tertiary/aromatic N) is 2. The standard InChI is InChI=1S/C13H20N4O3S/c1-2-14-5-3-6-17-10-13(9-15-17)21(18,19)16-8-12-4-7-20-11-12/h4,7,9-11,14,16H,2-3,5-6,8H2,1H3. The second-order valence-electron chi connectivity index (χ2n) is 4.60. The van der Waals surface area contributed by atoms with E-state index in [2.05, 4.69) is 15.1 Å². The molecule has 0 atom stereocenters. The highest BCUT2D eigenvalue weighted by atomic mass is 32.2. The number of aromatic nitrogens is 2. The molecule has 0 spiro atoms. The van der Waals surface area contributed by atoms with Crippen LogP contribution in [-0.4, -0.2) is 31.3 Å². The molecule has 0 aliphatic heterocycles. The van der Waals surface area contributed by atoms with E-state index >= 15 is 0 Å². The van der Waals surface area contributed by atoms with Crippen LogP contribution in [0, 0.1) is 0 Å². The SMILES string of the molecule is CCNCCCn1cc(S(=O)(=O)NCc2ccoc2)cn1. The molecule has 7 nitrogen and oxygen atoms in total. The second-order valence-corrected chi connectivity index (χ2v) is 6.37. The summed E-state index contributed by atoms with van der Waals surface area (Å²) in [5.74, 6) is 0. The third-order valence-electron chi connectivity index (χ3n) is 2.96. The molecule has 21 heavy (non-hydrogen) atoms. The molecular weight excluding hydrogens is 292 g/mol. The lowest BCUT2D eigenvalue weighted by Crippen LogP contribution is -2.22. The van der Waals surface area contributed by atoms with Crippen molar-refractivity contribution in [3.63, 3.8) is 0 Å². The van der Waals surface area contributed by atoms with Gasteiger partial charge in [0.25, 0.3) is 0 Å². The Morgan fingerprint density at radius 3 is 3.00 bits per heavy atom. The van der Waals surface area contributed by atoms with Gasteiger partial charge in [0.05, 0.1) is 18.7 Å². The van der Waals surface area contributed by atoms with E-state index < -0.39 is 10.0 Å². The Labute approximate surface area is 124 Å². The van der Waals surface area contributed by atoms with Crippen molar-refractivity contribution in [3.8, 4) is 0 Å². The maximum absolute atomic E-state index is 12.1. The third-order valence-corrected chi connectivity index (χ3v) is 4.31. The average Bonchev–Trinajstić information content (AvgIpc) is 3.13. The van der Waals surface area contributed by atoms with Crippen LogP contribution in [0.25, 0.3) is 0 Å². The van der Waals surface area contributed by atoms with Crippen LogP contribution >= 0.6 is 0 Å². The van der Waals surface area contributed by atoms with Crippen molar-refractivity contribution < 1.29 is 12.8 Å². The van der Waals surface area contributed by atoms with Gasteiger partial charge in [0, 0.05) is 24.8 Å². The summed E-state index contributed by atoms with van der Waals surface area (Å²) in [6.45, 7) is 4.74.